The molecular formula is C19H23N3O3. The maximum Gasteiger partial charge on any atom is 0.318 e. The molecule has 3 amide bonds. The molecule has 1 saturated heterocycles. The summed E-state index contributed by atoms with van der Waals surface area (Å²) in [6.45, 7) is 3.39. The molecule has 2 aromatic rings. The lowest BCUT2D eigenvalue weighted by atomic mass is 10.2. The number of carbonyl (C=O) groups is 2. The van der Waals surface area contributed by atoms with Crippen LogP contribution in [0.3, 0.4) is 0 Å². The fourth-order valence-electron chi connectivity index (χ4n) is 3.08. The molecule has 6 nitrogen and oxygen atoms in total. The van der Waals surface area contributed by atoms with Gasteiger partial charge in [0.15, 0.2) is 0 Å². The smallest absolute Gasteiger partial charge is 0.318 e. The van der Waals surface area contributed by atoms with E-state index in [2.05, 4.69) is 10.6 Å². The Labute approximate surface area is 147 Å². The van der Waals surface area contributed by atoms with Crippen molar-refractivity contribution >= 4 is 11.9 Å². The number of urea groups is 1. The predicted molar refractivity (Wildman–Crippen MR) is 94.3 cm³/mol. The van der Waals surface area contributed by atoms with Crippen LogP contribution in [-0.2, 0) is 0 Å². The Morgan fingerprint density at radius 3 is 2.60 bits per heavy atom. The molecule has 1 atom stereocenters. The standard InChI is InChI=1S/C19H23N3O3/c1-14-9-10-17(25-14)16-8-5-13-22(16)19(24)21-12-11-20-18(23)15-6-3-2-4-7-15/h2-4,6-7,9-10,16H,5,8,11-13H2,1H3,(H,20,23)(H,21,24). The Balaban J connectivity index is 1.45. The molecule has 2 N–H and O–H groups in total. The zero-order valence-electron chi connectivity index (χ0n) is 14.3. The van der Waals surface area contributed by atoms with Crippen LogP contribution in [0, 0.1) is 6.92 Å². The maximum absolute atomic E-state index is 12.4. The first-order valence-electron chi connectivity index (χ1n) is 8.59. The molecule has 1 aliphatic heterocycles. The van der Waals surface area contributed by atoms with Crippen LogP contribution in [0.1, 0.15) is 40.8 Å². The molecule has 132 valence electrons. The van der Waals surface area contributed by atoms with Crippen molar-refractivity contribution in [2.75, 3.05) is 19.6 Å². The van der Waals surface area contributed by atoms with E-state index >= 15 is 0 Å². The number of nitrogens with zero attached hydrogens (tertiary/aromatic N) is 1. The van der Waals surface area contributed by atoms with Gasteiger partial charge >= 0.3 is 6.03 Å². The van der Waals surface area contributed by atoms with Gasteiger partial charge in [0.05, 0.1) is 6.04 Å². The van der Waals surface area contributed by atoms with Crippen LogP contribution < -0.4 is 10.6 Å². The molecule has 0 saturated carbocycles. The summed E-state index contributed by atoms with van der Waals surface area (Å²) in [5.41, 5.74) is 0.613. The molecule has 1 aliphatic rings. The number of rotatable bonds is 5. The Bertz CT molecular complexity index is 727. The number of aryl methyl sites for hydroxylation is 1. The molecule has 1 fully saturated rings. The zero-order valence-corrected chi connectivity index (χ0v) is 14.3. The molecule has 1 unspecified atom stereocenters. The minimum Gasteiger partial charge on any atom is -0.464 e. The highest BCUT2D eigenvalue weighted by Gasteiger charge is 2.31. The number of likely N-dealkylation sites (tertiary alicyclic amines) is 1. The molecule has 1 aromatic heterocycles. The van der Waals surface area contributed by atoms with Crippen molar-refractivity contribution in [1.82, 2.24) is 15.5 Å². The Hall–Kier alpha value is -2.76. The van der Waals surface area contributed by atoms with Crippen LogP contribution in [0.25, 0.3) is 0 Å². The molecule has 0 radical (unpaired) electrons. The van der Waals surface area contributed by atoms with Gasteiger partial charge < -0.3 is 20.0 Å². The van der Waals surface area contributed by atoms with Gasteiger partial charge in [-0.15, -0.1) is 0 Å². The van der Waals surface area contributed by atoms with E-state index in [1.54, 1.807) is 17.0 Å². The van der Waals surface area contributed by atoms with E-state index in [1.807, 2.05) is 37.3 Å². The summed E-state index contributed by atoms with van der Waals surface area (Å²) < 4.78 is 5.68. The average molecular weight is 341 g/mol. The van der Waals surface area contributed by atoms with Gasteiger partial charge in [0.25, 0.3) is 5.91 Å². The van der Waals surface area contributed by atoms with E-state index in [1.165, 1.54) is 0 Å². The third-order valence-corrected chi connectivity index (χ3v) is 4.33. The average Bonchev–Trinajstić information content (AvgIpc) is 3.27. The molecular weight excluding hydrogens is 318 g/mol. The summed E-state index contributed by atoms with van der Waals surface area (Å²) >= 11 is 0. The quantitative estimate of drug-likeness (QED) is 0.821. The highest BCUT2D eigenvalue weighted by Crippen LogP contribution is 2.32. The zero-order chi connectivity index (χ0) is 17.6. The minimum atomic E-state index is -0.139. The van der Waals surface area contributed by atoms with Gasteiger partial charge in [0.2, 0.25) is 0 Å². The largest absolute Gasteiger partial charge is 0.464 e. The summed E-state index contributed by atoms with van der Waals surface area (Å²) in [6.07, 6.45) is 1.87. The van der Waals surface area contributed by atoms with E-state index in [9.17, 15) is 9.59 Å². The van der Waals surface area contributed by atoms with Crippen LogP contribution in [0.15, 0.2) is 46.9 Å². The van der Waals surface area contributed by atoms with Gasteiger partial charge in [0.1, 0.15) is 11.5 Å². The summed E-state index contributed by atoms with van der Waals surface area (Å²) in [6, 6.07) is 12.8. The van der Waals surface area contributed by atoms with Crippen LogP contribution >= 0.6 is 0 Å². The third kappa shape index (κ3) is 4.21. The van der Waals surface area contributed by atoms with Crippen LogP contribution in [0.4, 0.5) is 4.79 Å². The fraction of sp³-hybridized carbons (Fsp3) is 0.368. The van der Waals surface area contributed by atoms with Crippen molar-refractivity contribution in [1.29, 1.82) is 0 Å². The SMILES string of the molecule is Cc1ccc(C2CCCN2C(=O)NCCNC(=O)c2ccccc2)o1. The molecule has 2 heterocycles. The molecule has 6 heteroatoms. The number of hydrogen-bond donors (Lipinski definition) is 2. The van der Waals surface area contributed by atoms with Crippen molar-refractivity contribution < 1.29 is 14.0 Å². The van der Waals surface area contributed by atoms with Gasteiger partial charge in [-0.25, -0.2) is 4.79 Å². The summed E-state index contributed by atoms with van der Waals surface area (Å²) in [4.78, 5) is 26.2. The second kappa shape index (κ2) is 7.88. The normalized spacial score (nSPS) is 16.7. The van der Waals surface area contributed by atoms with Crippen molar-refractivity contribution in [3.05, 3.63) is 59.5 Å². The second-order valence-electron chi connectivity index (χ2n) is 6.15. The van der Waals surface area contributed by atoms with Crippen molar-refractivity contribution in [2.45, 2.75) is 25.8 Å². The molecule has 1 aromatic carbocycles. The maximum atomic E-state index is 12.4. The van der Waals surface area contributed by atoms with Crippen molar-refractivity contribution in [3.8, 4) is 0 Å². The monoisotopic (exact) mass is 341 g/mol. The number of benzene rings is 1. The van der Waals surface area contributed by atoms with Crippen molar-refractivity contribution in [3.63, 3.8) is 0 Å². The number of amides is 3. The van der Waals surface area contributed by atoms with Crippen molar-refractivity contribution in [2.24, 2.45) is 0 Å². The highest BCUT2D eigenvalue weighted by atomic mass is 16.3. The van der Waals surface area contributed by atoms with Crippen LogP contribution in [0.2, 0.25) is 0 Å². The second-order valence-corrected chi connectivity index (χ2v) is 6.15. The number of carbonyl (C=O) groups excluding carboxylic acids is 2. The van der Waals surface area contributed by atoms with Gasteiger partial charge in [-0.05, 0) is 44.0 Å². The molecule has 0 bridgehead atoms. The lowest BCUT2D eigenvalue weighted by Crippen LogP contribution is -2.42. The molecule has 3 rings (SSSR count). The number of hydrogen-bond acceptors (Lipinski definition) is 3. The molecule has 0 aliphatic carbocycles. The van der Waals surface area contributed by atoms with Gasteiger partial charge in [-0.1, -0.05) is 18.2 Å². The van der Waals surface area contributed by atoms with E-state index in [-0.39, 0.29) is 18.0 Å². The Morgan fingerprint density at radius 2 is 1.88 bits per heavy atom. The first-order chi connectivity index (χ1) is 12.1. The first-order valence-corrected chi connectivity index (χ1v) is 8.59. The lowest BCUT2D eigenvalue weighted by Gasteiger charge is -2.23. The Morgan fingerprint density at radius 1 is 1.12 bits per heavy atom. The topological polar surface area (TPSA) is 74.6 Å². The van der Waals surface area contributed by atoms with Gasteiger partial charge in [-0.2, -0.15) is 0 Å². The third-order valence-electron chi connectivity index (χ3n) is 4.33. The highest BCUT2D eigenvalue weighted by molar-refractivity contribution is 5.94. The summed E-state index contributed by atoms with van der Waals surface area (Å²) in [5.74, 6) is 1.55. The number of furan rings is 1. The van der Waals surface area contributed by atoms with E-state index in [4.69, 9.17) is 4.42 Å². The predicted octanol–water partition coefficient (Wildman–Crippen LogP) is 2.86. The first kappa shape index (κ1) is 17.1. The fourth-order valence-corrected chi connectivity index (χ4v) is 3.08. The van der Waals surface area contributed by atoms with Gasteiger partial charge in [-0.3, -0.25) is 4.79 Å². The lowest BCUT2D eigenvalue weighted by molar-refractivity contribution is 0.0953. The summed E-state index contributed by atoms with van der Waals surface area (Å²) in [5, 5.41) is 5.67. The molecule has 0 spiro atoms. The summed E-state index contributed by atoms with van der Waals surface area (Å²) in [7, 11) is 0. The Kier molecular flexibility index (Phi) is 5.38. The van der Waals surface area contributed by atoms with Crippen LogP contribution in [-0.4, -0.2) is 36.5 Å². The van der Waals surface area contributed by atoms with E-state index in [0.29, 0.717) is 25.2 Å². The van der Waals surface area contributed by atoms with E-state index < -0.39 is 0 Å². The van der Waals surface area contributed by atoms with Gasteiger partial charge in [0, 0.05) is 25.2 Å². The minimum absolute atomic E-state index is 0.00684. The number of nitrogens with one attached hydrogen (secondary N) is 2. The van der Waals surface area contributed by atoms with E-state index in [0.717, 1.165) is 24.4 Å². The molecule has 25 heavy (non-hydrogen) atoms. The van der Waals surface area contributed by atoms with Crippen LogP contribution in [0.5, 0.6) is 0 Å².